The van der Waals surface area contributed by atoms with Gasteiger partial charge in [-0.25, -0.2) is 9.59 Å². The van der Waals surface area contributed by atoms with Crippen molar-refractivity contribution < 1.29 is 19.1 Å². The Labute approximate surface area is 195 Å². The van der Waals surface area contributed by atoms with E-state index < -0.39 is 0 Å². The Kier molecular flexibility index (Phi) is 8.46. The lowest BCUT2D eigenvalue weighted by Crippen LogP contribution is -2.10. The van der Waals surface area contributed by atoms with Gasteiger partial charge in [0.05, 0.1) is 13.2 Å². The van der Waals surface area contributed by atoms with E-state index in [1.165, 1.54) is 22.7 Å². The predicted molar refractivity (Wildman–Crippen MR) is 130 cm³/mol. The number of thiophene rings is 3. The van der Waals surface area contributed by atoms with Crippen molar-refractivity contribution in [2.75, 3.05) is 13.2 Å². The van der Waals surface area contributed by atoms with Gasteiger partial charge in [-0.05, 0) is 48.2 Å². The van der Waals surface area contributed by atoms with Crippen LogP contribution < -0.4 is 0 Å². The molecule has 0 amide bonds. The second-order valence-electron chi connectivity index (χ2n) is 7.72. The van der Waals surface area contributed by atoms with Crippen LogP contribution in [0.1, 0.15) is 59.9 Å². The third kappa shape index (κ3) is 6.28. The highest BCUT2D eigenvalue weighted by Gasteiger charge is 2.16. The summed E-state index contributed by atoms with van der Waals surface area (Å²) in [7, 11) is 0. The molecule has 0 N–H and O–H groups in total. The van der Waals surface area contributed by atoms with E-state index in [1.807, 2.05) is 24.3 Å². The number of esters is 2. The zero-order valence-electron chi connectivity index (χ0n) is 18.3. The smallest absolute Gasteiger partial charge is 0.348 e. The maximum atomic E-state index is 12.3. The first-order valence-electron chi connectivity index (χ1n) is 10.6. The van der Waals surface area contributed by atoms with E-state index in [9.17, 15) is 9.59 Å². The van der Waals surface area contributed by atoms with Gasteiger partial charge in [0, 0.05) is 19.5 Å². The van der Waals surface area contributed by atoms with Gasteiger partial charge < -0.3 is 9.47 Å². The van der Waals surface area contributed by atoms with E-state index in [0.29, 0.717) is 34.8 Å². The minimum absolute atomic E-state index is 0.257. The normalized spacial score (nSPS) is 13.0. The van der Waals surface area contributed by atoms with Gasteiger partial charge >= 0.3 is 11.9 Å². The molecule has 0 bridgehead atoms. The first kappa shape index (κ1) is 23.7. The van der Waals surface area contributed by atoms with Crippen LogP contribution in [-0.2, 0) is 9.47 Å². The predicted octanol–water partition coefficient (Wildman–Crippen LogP) is 7.61. The fraction of sp³-hybridized carbons (Fsp3) is 0.417. The van der Waals surface area contributed by atoms with Gasteiger partial charge in [0.25, 0.3) is 0 Å². The molecule has 0 unspecified atom stereocenters. The molecule has 0 aromatic carbocycles. The van der Waals surface area contributed by atoms with E-state index in [1.54, 1.807) is 11.3 Å². The summed E-state index contributed by atoms with van der Waals surface area (Å²) < 4.78 is 10.8. The molecule has 3 heterocycles. The van der Waals surface area contributed by atoms with Crippen molar-refractivity contribution in [3.63, 3.8) is 0 Å². The van der Waals surface area contributed by atoms with Crippen LogP contribution in [0.15, 0.2) is 36.4 Å². The lowest BCUT2D eigenvalue weighted by molar-refractivity contribution is 0.0444. The van der Waals surface area contributed by atoms with Gasteiger partial charge in [-0.2, -0.15) is 0 Å². The Hall–Kier alpha value is -1.96. The van der Waals surface area contributed by atoms with Crippen LogP contribution in [0.2, 0.25) is 0 Å². The second kappa shape index (κ2) is 11.1. The van der Waals surface area contributed by atoms with Crippen molar-refractivity contribution in [3.8, 4) is 19.5 Å². The maximum absolute atomic E-state index is 12.3. The van der Waals surface area contributed by atoms with E-state index in [0.717, 1.165) is 32.4 Å². The quantitative estimate of drug-likeness (QED) is 0.283. The molecule has 3 aromatic rings. The molecule has 7 heteroatoms. The number of hydrogen-bond donors (Lipinski definition) is 0. The van der Waals surface area contributed by atoms with Gasteiger partial charge in [-0.1, -0.05) is 40.5 Å². The van der Waals surface area contributed by atoms with Crippen LogP contribution in [-0.4, -0.2) is 25.2 Å². The number of carbonyl (C=O) groups is 2. The highest BCUT2D eigenvalue weighted by atomic mass is 32.1. The summed E-state index contributed by atoms with van der Waals surface area (Å²) >= 11 is 4.55. The van der Waals surface area contributed by atoms with Gasteiger partial charge in [-0.15, -0.1) is 34.0 Å². The molecule has 0 spiro atoms. The average molecular weight is 477 g/mol. The zero-order valence-corrected chi connectivity index (χ0v) is 20.8. The summed E-state index contributed by atoms with van der Waals surface area (Å²) in [6.07, 6.45) is 1.97. The largest absolute Gasteiger partial charge is 0.461 e. The summed E-state index contributed by atoms with van der Waals surface area (Å²) in [4.78, 5) is 30.0. The fourth-order valence-electron chi connectivity index (χ4n) is 2.58. The molecule has 31 heavy (non-hydrogen) atoms. The van der Waals surface area contributed by atoms with Gasteiger partial charge in [-0.3, -0.25) is 0 Å². The monoisotopic (exact) mass is 476 g/mol. The SMILES string of the molecule is CC[C@@H](C)COC(=O)c1ccc(-c2ccc(-c3ccc(C(=O)OC[C@H](C)CC)s3)s2)s1. The second-order valence-corrected chi connectivity index (χ2v) is 11.0. The van der Waals surface area contributed by atoms with Crippen molar-refractivity contribution in [3.05, 3.63) is 46.2 Å². The Morgan fingerprint density at radius 1 is 0.677 bits per heavy atom. The van der Waals surface area contributed by atoms with E-state index in [2.05, 4.69) is 39.8 Å². The summed E-state index contributed by atoms with van der Waals surface area (Å²) in [5.41, 5.74) is 0. The lowest BCUT2D eigenvalue weighted by atomic mass is 10.1. The van der Waals surface area contributed by atoms with Crippen LogP contribution in [0.5, 0.6) is 0 Å². The Morgan fingerprint density at radius 2 is 1.03 bits per heavy atom. The Balaban J connectivity index is 1.65. The molecular formula is C24H28O4S3. The molecule has 4 nitrogen and oxygen atoms in total. The molecule has 0 radical (unpaired) electrons. The van der Waals surface area contributed by atoms with Crippen molar-refractivity contribution in [2.24, 2.45) is 11.8 Å². The first-order valence-corrected chi connectivity index (χ1v) is 13.0. The molecule has 0 aliphatic rings. The number of ether oxygens (including phenoxy) is 2. The first-order chi connectivity index (χ1) is 14.9. The highest BCUT2D eigenvalue weighted by Crippen LogP contribution is 2.40. The van der Waals surface area contributed by atoms with Crippen LogP contribution in [0.4, 0.5) is 0 Å². The molecule has 166 valence electrons. The van der Waals surface area contributed by atoms with Gasteiger partial charge in [0.15, 0.2) is 0 Å². The minimum Gasteiger partial charge on any atom is -0.461 e. The topological polar surface area (TPSA) is 52.6 Å². The molecule has 0 aliphatic heterocycles. The van der Waals surface area contributed by atoms with Crippen molar-refractivity contribution >= 4 is 45.9 Å². The molecule has 3 aromatic heterocycles. The third-order valence-corrected chi connectivity index (χ3v) is 8.71. The Morgan fingerprint density at radius 3 is 1.42 bits per heavy atom. The summed E-state index contributed by atoms with van der Waals surface area (Å²) in [5.74, 6) is 0.219. The number of hydrogen-bond acceptors (Lipinski definition) is 7. The molecule has 3 rings (SSSR count). The summed E-state index contributed by atoms with van der Waals surface area (Å²) in [6, 6.07) is 11.7. The van der Waals surface area contributed by atoms with E-state index in [4.69, 9.17) is 9.47 Å². The van der Waals surface area contributed by atoms with E-state index in [-0.39, 0.29) is 11.9 Å². The number of rotatable bonds is 10. The fourth-order valence-corrected chi connectivity index (χ4v) is 5.56. The van der Waals surface area contributed by atoms with Crippen LogP contribution in [0.3, 0.4) is 0 Å². The lowest BCUT2D eigenvalue weighted by Gasteiger charge is -2.08. The molecule has 0 aliphatic carbocycles. The van der Waals surface area contributed by atoms with Gasteiger partial charge in [0.1, 0.15) is 9.75 Å². The maximum Gasteiger partial charge on any atom is 0.348 e. The van der Waals surface area contributed by atoms with Crippen molar-refractivity contribution in [1.82, 2.24) is 0 Å². The highest BCUT2D eigenvalue weighted by molar-refractivity contribution is 7.27. The van der Waals surface area contributed by atoms with Crippen LogP contribution >= 0.6 is 34.0 Å². The van der Waals surface area contributed by atoms with Crippen molar-refractivity contribution in [1.29, 1.82) is 0 Å². The average Bonchev–Trinajstić information content (AvgIpc) is 3.54. The Bertz CT molecular complexity index is 935. The molecule has 0 saturated carbocycles. The zero-order chi connectivity index (χ0) is 22.4. The third-order valence-electron chi connectivity index (χ3n) is 5.10. The molecule has 0 saturated heterocycles. The number of carbonyl (C=O) groups excluding carboxylic acids is 2. The van der Waals surface area contributed by atoms with Gasteiger partial charge in [0.2, 0.25) is 0 Å². The summed E-state index contributed by atoms with van der Waals surface area (Å²) in [6.45, 7) is 9.22. The molecule has 2 atom stereocenters. The van der Waals surface area contributed by atoms with Crippen molar-refractivity contribution in [2.45, 2.75) is 40.5 Å². The standard InChI is InChI=1S/C24H28O4S3/c1-5-15(3)13-27-23(25)21-11-9-19(30-21)17-7-8-18(29-17)20-10-12-22(31-20)24(26)28-14-16(4)6-2/h7-12,15-16H,5-6,13-14H2,1-4H3/t15-,16-/m1/s1. The van der Waals surface area contributed by atoms with E-state index >= 15 is 0 Å². The van der Waals surface area contributed by atoms with Crippen LogP contribution in [0, 0.1) is 11.8 Å². The minimum atomic E-state index is -0.257. The molecular weight excluding hydrogens is 448 g/mol. The summed E-state index contributed by atoms with van der Waals surface area (Å²) in [5, 5.41) is 0. The van der Waals surface area contributed by atoms with Crippen LogP contribution in [0.25, 0.3) is 19.5 Å². The molecule has 0 fully saturated rings.